The van der Waals surface area contributed by atoms with Crippen LogP contribution >= 0.6 is 24.4 Å². The number of piperazine rings is 1. The van der Waals surface area contributed by atoms with E-state index < -0.39 is 11.9 Å². The zero-order chi connectivity index (χ0) is 24.2. The van der Waals surface area contributed by atoms with Crippen molar-refractivity contribution in [2.24, 2.45) is 0 Å². The lowest BCUT2D eigenvalue weighted by Gasteiger charge is -2.36. The molecule has 4 rings (SSSR count). The number of benzene rings is 1. The van der Waals surface area contributed by atoms with Crippen molar-refractivity contribution < 1.29 is 18.7 Å². The Hall–Kier alpha value is -3.19. The van der Waals surface area contributed by atoms with Crippen molar-refractivity contribution >= 4 is 57.7 Å². The molecule has 2 aliphatic rings. The number of halogens is 1. The number of carbonyl (C=O) groups excluding carboxylic acids is 2. The van der Waals surface area contributed by atoms with Gasteiger partial charge in [-0.3, -0.25) is 14.8 Å². The zero-order valence-corrected chi connectivity index (χ0v) is 20.1. The second kappa shape index (κ2) is 10.4. The Morgan fingerprint density at radius 1 is 1.29 bits per heavy atom. The van der Waals surface area contributed by atoms with Gasteiger partial charge in [0, 0.05) is 26.2 Å². The number of amides is 2. The first-order chi connectivity index (χ1) is 16.3. The van der Waals surface area contributed by atoms with Crippen LogP contribution in [-0.2, 0) is 9.53 Å². The summed E-state index contributed by atoms with van der Waals surface area (Å²) in [5.41, 5.74) is 0.859. The van der Waals surface area contributed by atoms with Crippen molar-refractivity contribution in [2.45, 2.75) is 19.4 Å². The third-order valence-electron chi connectivity index (χ3n) is 5.66. The van der Waals surface area contributed by atoms with E-state index in [-0.39, 0.29) is 18.4 Å². The lowest BCUT2D eigenvalue weighted by molar-refractivity contribution is -0.130. The number of ether oxygens (including phenoxy) is 1. The van der Waals surface area contributed by atoms with E-state index in [9.17, 15) is 14.0 Å². The summed E-state index contributed by atoms with van der Waals surface area (Å²) in [4.78, 5) is 34.8. The van der Waals surface area contributed by atoms with Gasteiger partial charge in [0.1, 0.15) is 18.2 Å². The summed E-state index contributed by atoms with van der Waals surface area (Å²) < 4.78 is 20.3. The second-order valence-corrected chi connectivity index (χ2v) is 9.10. The molecule has 180 valence electrons. The van der Waals surface area contributed by atoms with Crippen molar-refractivity contribution in [3.05, 3.63) is 36.2 Å². The van der Waals surface area contributed by atoms with E-state index in [0.717, 1.165) is 0 Å². The van der Waals surface area contributed by atoms with Gasteiger partial charge in [-0.25, -0.2) is 14.2 Å². The van der Waals surface area contributed by atoms with E-state index in [4.69, 9.17) is 29.2 Å². The summed E-state index contributed by atoms with van der Waals surface area (Å²) in [7, 11) is 0. The Morgan fingerprint density at radius 2 is 2.06 bits per heavy atom. The Morgan fingerprint density at radius 3 is 2.71 bits per heavy atom. The molecule has 1 atom stereocenters. The summed E-state index contributed by atoms with van der Waals surface area (Å²) >= 11 is 10.2. The number of anilines is 2. The van der Waals surface area contributed by atoms with Crippen LogP contribution in [0.5, 0.6) is 0 Å². The van der Waals surface area contributed by atoms with Crippen molar-refractivity contribution in [1.82, 2.24) is 25.4 Å². The van der Waals surface area contributed by atoms with Crippen LogP contribution in [0.3, 0.4) is 0 Å². The smallest absolute Gasteiger partial charge is 0.414 e. The fraction of sp³-hybridized carbons (Fsp3) is 0.429. The molecule has 0 radical (unpaired) electrons. The van der Waals surface area contributed by atoms with E-state index in [2.05, 4.69) is 20.5 Å². The topological polar surface area (TPSA) is 107 Å². The first kappa shape index (κ1) is 24.0. The van der Waals surface area contributed by atoms with Gasteiger partial charge in [-0.05, 0) is 25.1 Å². The first-order valence-electron chi connectivity index (χ1n) is 10.7. The van der Waals surface area contributed by atoms with Gasteiger partial charge in [0.05, 0.1) is 40.7 Å². The standard InChI is InChI=1S/C21H24FN7O3S2/c1-13(33)23-10-15-11-29(21(31)32-15)14-2-3-17(16(22)8-14)27-4-6-28(7-5-27)19(30)9-18(34)20-24-12-25-26-20/h2-3,8,12,15H,4-7,9-11H2,1H3,(H,23,33)(H,24,25,26)/t15-/m0/s1. The summed E-state index contributed by atoms with van der Waals surface area (Å²) in [5, 5.41) is 9.38. The number of rotatable bonds is 7. The van der Waals surface area contributed by atoms with Crippen LogP contribution in [0.1, 0.15) is 19.2 Å². The average Bonchev–Trinajstić information content (AvgIpc) is 3.48. The molecule has 0 aliphatic carbocycles. The summed E-state index contributed by atoms with van der Waals surface area (Å²) in [6.07, 6.45) is 0.530. The molecule has 0 bridgehead atoms. The second-order valence-electron chi connectivity index (χ2n) is 7.99. The van der Waals surface area contributed by atoms with Crippen LogP contribution in [0.4, 0.5) is 20.6 Å². The van der Waals surface area contributed by atoms with Gasteiger partial charge >= 0.3 is 6.09 Å². The Labute approximate surface area is 206 Å². The van der Waals surface area contributed by atoms with E-state index in [1.807, 2.05) is 4.90 Å². The summed E-state index contributed by atoms with van der Waals surface area (Å²) in [5.74, 6) is -0.118. The zero-order valence-electron chi connectivity index (χ0n) is 18.5. The molecule has 0 saturated carbocycles. The van der Waals surface area contributed by atoms with Gasteiger partial charge in [-0.15, -0.1) is 0 Å². The third-order valence-corrected chi connectivity index (χ3v) is 6.14. The fourth-order valence-electron chi connectivity index (χ4n) is 3.89. The number of thiocarbonyl (C=S) groups is 2. The molecular formula is C21H24FN7O3S2. The van der Waals surface area contributed by atoms with Crippen LogP contribution in [0.15, 0.2) is 24.5 Å². The highest BCUT2D eigenvalue weighted by atomic mass is 32.1. The number of nitrogens with one attached hydrogen (secondary N) is 2. The number of aromatic amines is 1. The predicted octanol–water partition coefficient (Wildman–Crippen LogP) is 1.66. The number of cyclic esters (lactones) is 1. The van der Waals surface area contributed by atoms with Gasteiger partial charge < -0.3 is 19.9 Å². The van der Waals surface area contributed by atoms with E-state index >= 15 is 0 Å². The largest absolute Gasteiger partial charge is 0.442 e. The molecule has 0 unspecified atom stereocenters. The number of nitrogens with zero attached hydrogens (tertiary/aromatic N) is 5. The van der Waals surface area contributed by atoms with Crippen molar-refractivity contribution in [2.75, 3.05) is 49.1 Å². The molecule has 1 aromatic heterocycles. The summed E-state index contributed by atoms with van der Waals surface area (Å²) in [6, 6.07) is 4.69. The minimum Gasteiger partial charge on any atom is -0.442 e. The molecular weight excluding hydrogens is 481 g/mol. The highest BCUT2D eigenvalue weighted by Crippen LogP contribution is 2.28. The Bertz CT molecular complexity index is 1090. The molecule has 2 saturated heterocycles. The molecule has 13 heteroatoms. The number of hydrogen-bond acceptors (Lipinski definition) is 8. The van der Waals surface area contributed by atoms with Gasteiger partial charge in [-0.1, -0.05) is 24.4 Å². The number of hydrogen-bond donors (Lipinski definition) is 2. The van der Waals surface area contributed by atoms with Crippen LogP contribution in [0, 0.1) is 5.82 Å². The number of carbonyl (C=O) groups is 2. The van der Waals surface area contributed by atoms with Gasteiger partial charge in [0.15, 0.2) is 5.82 Å². The minimum absolute atomic E-state index is 0.0695. The van der Waals surface area contributed by atoms with Gasteiger partial charge in [0.25, 0.3) is 0 Å². The summed E-state index contributed by atoms with van der Waals surface area (Å²) in [6.45, 7) is 4.33. The normalized spacial score (nSPS) is 18.1. The molecule has 2 N–H and O–H groups in total. The molecule has 34 heavy (non-hydrogen) atoms. The van der Waals surface area contributed by atoms with E-state index in [1.165, 1.54) is 17.3 Å². The average molecular weight is 506 g/mol. The van der Waals surface area contributed by atoms with Crippen LogP contribution in [0.25, 0.3) is 0 Å². The lowest BCUT2D eigenvalue weighted by Crippen LogP contribution is -2.49. The predicted molar refractivity (Wildman–Crippen MR) is 132 cm³/mol. The quantitative estimate of drug-likeness (QED) is 0.429. The van der Waals surface area contributed by atoms with Crippen LogP contribution < -0.4 is 15.1 Å². The van der Waals surface area contributed by atoms with Gasteiger partial charge in [0.2, 0.25) is 5.91 Å². The SMILES string of the molecule is CC(=S)NC[C@H]1CN(c2ccc(N3CCN(C(=O)CC(=S)c4ncn[nH]4)CC3)c(F)c2)C(=O)O1. The first-order valence-corrected chi connectivity index (χ1v) is 11.6. The number of H-pyrrole nitrogens is 1. The van der Waals surface area contributed by atoms with Crippen molar-refractivity contribution in [3.63, 3.8) is 0 Å². The van der Waals surface area contributed by atoms with Crippen molar-refractivity contribution in [3.8, 4) is 0 Å². The molecule has 0 spiro atoms. The molecule has 2 aromatic rings. The molecule has 10 nitrogen and oxygen atoms in total. The molecule has 1 aromatic carbocycles. The third kappa shape index (κ3) is 5.47. The maximum absolute atomic E-state index is 15.0. The maximum Gasteiger partial charge on any atom is 0.414 e. The van der Waals surface area contributed by atoms with Crippen LogP contribution in [-0.4, -0.2) is 87.3 Å². The highest BCUT2D eigenvalue weighted by molar-refractivity contribution is 7.81. The van der Waals surface area contributed by atoms with Crippen molar-refractivity contribution in [1.29, 1.82) is 0 Å². The molecule has 3 heterocycles. The number of aromatic nitrogens is 3. The lowest BCUT2D eigenvalue weighted by atomic mass is 10.2. The molecule has 2 fully saturated rings. The van der Waals surface area contributed by atoms with Gasteiger partial charge in [-0.2, -0.15) is 5.10 Å². The Balaban J connectivity index is 1.32. The maximum atomic E-state index is 15.0. The molecule has 2 amide bonds. The van der Waals surface area contributed by atoms with Crippen LogP contribution in [0.2, 0.25) is 0 Å². The van der Waals surface area contributed by atoms with E-state index in [0.29, 0.717) is 66.3 Å². The van der Waals surface area contributed by atoms with E-state index in [1.54, 1.807) is 24.0 Å². The monoisotopic (exact) mass is 505 g/mol. The Kier molecular flexibility index (Phi) is 7.32. The molecule has 2 aliphatic heterocycles. The highest BCUT2D eigenvalue weighted by Gasteiger charge is 2.33. The fourth-order valence-corrected chi connectivity index (χ4v) is 4.19. The minimum atomic E-state index is -0.517.